The van der Waals surface area contributed by atoms with Crippen LogP contribution in [-0.4, -0.2) is 17.1 Å². The first-order valence-corrected chi connectivity index (χ1v) is 7.13. The molecule has 4 nitrogen and oxygen atoms in total. The van der Waals surface area contributed by atoms with Crippen LogP contribution in [0.15, 0.2) is 65.8 Å². The van der Waals surface area contributed by atoms with E-state index in [0.29, 0.717) is 16.7 Å². The second-order valence-electron chi connectivity index (χ2n) is 3.91. The molecule has 0 aromatic heterocycles. The van der Waals surface area contributed by atoms with Gasteiger partial charge in [-0.15, -0.1) is 0 Å². The highest BCUT2D eigenvalue weighted by Gasteiger charge is 2.05. The summed E-state index contributed by atoms with van der Waals surface area (Å²) in [5.41, 5.74) is 2.21. The molecule has 5 heteroatoms. The molecular formula is C15H13BrN2O2. The third-order valence-corrected chi connectivity index (χ3v) is 3.02. The molecule has 1 N–H and O–H groups in total. The maximum Gasteiger partial charge on any atom is 0.437 e. The molecule has 0 aliphatic heterocycles. The van der Waals surface area contributed by atoms with Gasteiger partial charge in [0.05, 0.1) is 5.71 Å². The third-order valence-electron chi connectivity index (χ3n) is 2.49. The van der Waals surface area contributed by atoms with Crippen LogP contribution >= 0.6 is 15.9 Å². The molecule has 102 valence electrons. The third kappa shape index (κ3) is 4.20. The number of rotatable bonds is 4. The summed E-state index contributed by atoms with van der Waals surface area (Å²) in [4.78, 5) is 16.5. The van der Waals surface area contributed by atoms with Crippen LogP contribution in [0.1, 0.15) is 5.56 Å². The van der Waals surface area contributed by atoms with Gasteiger partial charge in [0.25, 0.3) is 0 Å². The summed E-state index contributed by atoms with van der Waals surface area (Å²) in [5, 5.41) is 6.95. The van der Waals surface area contributed by atoms with Gasteiger partial charge in [0.1, 0.15) is 0 Å². The molecule has 0 fully saturated rings. The zero-order valence-corrected chi connectivity index (χ0v) is 12.2. The molecule has 0 aliphatic carbocycles. The van der Waals surface area contributed by atoms with E-state index in [1.165, 1.54) is 0 Å². The molecule has 0 bridgehead atoms. The van der Waals surface area contributed by atoms with Crippen LogP contribution in [-0.2, 0) is 4.84 Å². The predicted molar refractivity (Wildman–Crippen MR) is 83.3 cm³/mol. The van der Waals surface area contributed by atoms with Crippen LogP contribution < -0.4 is 5.32 Å². The molecule has 0 atom stereocenters. The summed E-state index contributed by atoms with van der Waals surface area (Å²) in [5.74, 6) is 0. The topological polar surface area (TPSA) is 50.7 Å². The van der Waals surface area contributed by atoms with Crippen LogP contribution in [0.2, 0.25) is 0 Å². The Morgan fingerprint density at radius 3 is 2.25 bits per heavy atom. The quantitative estimate of drug-likeness (QED) is 0.397. The molecule has 0 saturated heterocycles. The van der Waals surface area contributed by atoms with Gasteiger partial charge in [0, 0.05) is 16.6 Å². The van der Waals surface area contributed by atoms with Crippen molar-refractivity contribution in [1.82, 2.24) is 0 Å². The molecule has 0 spiro atoms. The summed E-state index contributed by atoms with van der Waals surface area (Å²) in [6.45, 7) is 0. The van der Waals surface area contributed by atoms with Crippen LogP contribution in [0, 0.1) is 0 Å². The molecule has 2 aromatic rings. The van der Waals surface area contributed by atoms with Gasteiger partial charge in [-0.3, -0.25) is 10.2 Å². The first-order chi connectivity index (χ1) is 9.79. The Balaban J connectivity index is 1.99. The number of carbonyl (C=O) groups excluding carboxylic acids is 1. The molecule has 2 rings (SSSR count). The van der Waals surface area contributed by atoms with E-state index in [1.54, 1.807) is 12.1 Å². The minimum Gasteiger partial charge on any atom is -0.297 e. The smallest absolute Gasteiger partial charge is 0.297 e. The van der Waals surface area contributed by atoms with Gasteiger partial charge in [0.15, 0.2) is 0 Å². The number of oxime groups is 1. The first-order valence-electron chi connectivity index (χ1n) is 6.01. The summed E-state index contributed by atoms with van der Waals surface area (Å²) in [6, 6.07) is 18.6. The number of halogens is 1. The molecule has 1 amide bonds. The Morgan fingerprint density at radius 1 is 1.05 bits per heavy atom. The second-order valence-corrected chi connectivity index (χ2v) is 4.47. The molecule has 0 saturated carbocycles. The lowest BCUT2D eigenvalue weighted by atomic mass is 10.1. The molecule has 2 aromatic carbocycles. The maximum absolute atomic E-state index is 11.6. The lowest BCUT2D eigenvalue weighted by molar-refractivity contribution is 0.166. The monoisotopic (exact) mass is 332 g/mol. The number of nitrogens with one attached hydrogen (secondary N) is 1. The molecule has 0 unspecified atom stereocenters. The second kappa shape index (κ2) is 7.45. The Hall–Kier alpha value is -2.14. The molecular weight excluding hydrogens is 320 g/mol. The number of nitrogens with zero attached hydrogens (tertiary/aromatic N) is 1. The van der Waals surface area contributed by atoms with Gasteiger partial charge in [-0.1, -0.05) is 69.6 Å². The number of hydrogen-bond donors (Lipinski definition) is 1. The largest absolute Gasteiger partial charge is 0.437 e. The number of para-hydroxylation sites is 1. The van der Waals surface area contributed by atoms with E-state index in [0.717, 1.165) is 5.56 Å². The standard InChI is InChI=1S/C15H13BrN2O2/c16-11-14(12-7-3-1-4-8-12)18-20-15(19)17-13-9-5-2-6-10-13/h1-10H,11H2,(H,17,19)/b18-14+. The minimum atomic E-state index is -0.620. The normalized spacial score (nSPS) is 10.9. The summed E-state index contributed by atoms with van der Waals surface area (Å²) >= 11 is 3.33. The predicted octanol–water partition coefficient (Wildman–Crippen LogP) is 4.03. The van der Waals surface area contributed by atoms with Gasteiger partial charge in [-0.2, -0.15) is 0 Å². The fourth-order valence-corrected chi connectivity index (χ4v) is 1.97. The average Bonchev–Trinajstić information content (AvgIpc) is 2.50. The van der Waals surface area contributed by atoms with Crippen molar-refractivity contribution in [2.24, 2.45) is 5.16 Å². The van der Waals surface area contributed by atoms with E-state index in [4.69, 9.17) is 4.84 Å². The minimum absolute atomic E-state index is 0.496. The van der Waals surface area contributed by atoms with Crippen molar-refractivity contribution < 1.29 is 9.63 Å². The number of carbonyl (C=O) groups is 1. The fourth-order valence-electron chi connectivity index (χ4n) is 1.54. The Bertz CT molecular complexity index is 585. The van der Waals surface area contributed by atoms with Crippen molar-refractivity contribution in [3.05, 3.63) is 66.2 Å². The number of amides is 1. The highest BCUT2D eigenvalue weighted by atomic mass is 79.9. The first kappa shape index (κ1) is 14.3. The summed E-state index contributed by atoms with van der Waals surface area (Å²) < 4.78 is 0. The zero-order chi connectivity index (χ0) is 14.2. The number of hydrogen-bond acceptors (Lipinski definition) is 3. The number of anilines is 1. The van der Waals surface area contributed by atoms with Crippen molar-refractivity contribution in [3.63, 3.8) is 0 Å². The van der Waals surface area contributed by atoms with Crippen LogP contribution in [0.5, 0.6) is 0 Å². The highest BCUT2D eigenvalue weighted by molar-refractivity contribution is 9.09. The highest BCUT2D eigenvalue weighted by Crippen LogP contribution is 2.07. The Kier molecular flexibility index (Phi) is 5.32. The van der Waals surface area contributed by atoms with E-state index in [1.807, 2.05) is 48.5 Å². The van der Waals surface area contributed by atoms with E-state index < -0.39 is 6.09 Å². The van der Waals surface area contributed by atoms with Gasteiger partial charge >= 0.3 is 6.09 Å². The number of benzene rings is 2. The van der Waals surface area contributed by atoms with Crippen molar-refractivity contribution in [2.45, 2.75) is 0 Å². The SMILES string of the molecule is O=C(Nc1ccccc1)O/N=C(\CBr)c1ccccc1. The maximum atomic E-state index is 11.6. The Labute approximate surface area is 125 Å². The zero-order valence-electron chi connectivity index (χ0n) is 10.6. The molecule has 20 heavy (non-hydrogen) atoms. The lowest BCUT2D eigenvalue weighted by Gasteiger charge is -2.04. The summed E-state index contributed by atoms with van der Waals surface area (Å²) in [7, 11) is 0. The van der Waals surface area contributed by atoms with Gasteiger partial charge < -0.3 is 0 Å². The average molecular weight is 333 g/mol. The van der Waals surface area contributed by atoms with Gasteiger partial charge in [-0.25, -0.2) is 4.79 Å². The van der Waals surface area contributed by atoms with E-state index in [-0.39, 0.29) is 0 Å². The van der Waals surface area contributed by atoms with Crippen molar-refractivity contribution in [1.29, 1.82) is 0 Å². The molecule has 0 radical (unpaired) electrons. The van der Waals surface area contributed by atoms with Crippen LogP contribution in [0.4, 0.5) is 10.5 Å². The van der Waals surface area contributed by atoms with E-state index in [2.05, 4.69) is 26.4 Å². The molecule has 0 heterocycles. The van der Waals surface area contributed by atoms with Crippen LogP contribution in [0.3, 0.4) is 0 Å². The number of alkyl halides is 1. The lowest BCUT2D eigenvalue weighted by Crippen LogP contribution is -2.13. The van der Waals surface area contributed by atoms with Crippen molar-refractivity contribution in [3.8, 4) is 0 Å². The summed E-state index contributed by atoms with van der Waals surface area (Å²) in [6.07, 6.45) is -0.620. The van der Waals surface area contributed by atoms with Crippen molar-refractivity contribution in [2.75, 3.05) is 10.6 Å². The fraction of sp³-hybridized carbons (Fsp3) is 0.0667. The van der Waals surface area contributed by atoms with E-state index >= 15 is 0 Å². The van der Waals surface area contributed by atoms with Crippen LogP contribution in [0.25, 0.3) is 0 Å². The van der Waals surface area contributed by atoms with Gasteiger partial charge in [0.2, 0.25) is 0 Å². The molecule has 0 aliphatic rings. The van der Waals surface area contributed by atoms with Gasteiger partial charge in [-0.05, 0) is 12.1 Å². The Morgan fingerprint density at radius 2 is 1.65 bits per heavy atom. The van der Waals surface area contributed by atoms with Crippen molar-refractivity contribution >= 4 is 33.4 Å². The van der Waals surface area contributed by atoms with E-state index in [9.17, 15) is 4.79 Å².